The van der Waals surface area contributed by atoms with Gasteiger partial charge in [-0.05, 0) is 41.8 Å². The Hall–Kier alpha value is -1.39. The molecule has 1 amide bonds. The topological polar surface area (TPSA) is 42.0 Å². The molecule has 1 N–H and O–H groups in total. The summed E-state index contributed by atoms with van der Waals surface area (Å²) in [5, 5.41) is 7.45. The van der Waals surface area contributed by atoms with Crippen LogP contribution >= 0.6 is 22.9 Å². The normalized spacial score (nSPS) is 12.1. The molecule has 2 rings (SSSR count). The van der Waals surface area contributed by atoms with Crippen LogP contribution in [0.25, 0.3) is 0 Å². The molecular weight excluding hydrogens is 268 g/mol. The average Bonchev–Trinajstić information content (AvgIpc) is 2.82. The Morgan fingerprint density at radius 3 is 3.06 bits per heavy atom. The summed E-state index contributed by atoms with van der Waals surface area (Å²) < 4.78 is 0. The Kier molecular flexibility index (Phi) is 4.33. The molecule has 0 saturated heterocycles. The van der Waals surface area contributed by atoms with Gasteiger partial charge >= 0.3 is 0 Å². The molecule has 1 atom stereocenters. The summed E-state index contributed by atoms with van der Waals surface area (Å²) in [4.78, 5) is 15.9. The van der Waals surface area contributed by atoms with Crippen LogP contribution in [-0.4, -0.2) is 16.9 Å². The second kappa shape index (κ2) is 5.98. The molecule has 2 aromatic rings. The first kappa shape index (κ1) is 13.1. The standard InChI is InChI=1S/C13H13ClN2OS/c1-9(6-10-3-5-18-8-10)16-13(17)11-7-15-4-2-12(11)14/h2-5,7-9H,6H2,1H3,(H,16,17). The van der Waals surface area contributed by atoms with Crippen LogP contribution in [0.15, 0.2) is 35.3 Å². The number of carbonyl (C=O) groups excluding carboxylic acids is 1. The van der Waals surface area contributed by atoms with Gasteiger partial charge in [0.05, 0.1) is 10.6 Å². The first-order valence-electron chi connectivity index (χ1n) is 5.58. The predicted molar refractivity (Wildman–Crippen MR) is 74.2 cm³/mol. The zero-order valence-electron chi connectivity index (χ0n) is 9.89. The first-order chi connectivity index (χ1) is 8.66. The molecule has 0 spiro atoms. The smallest absolute Gasteiger partial charge is 0.254 e. The van der Waals surface area contributed by atoms with Crippen molar-refractivity contribution in [1.29, 1.82) is 0 Å². The van der Waals surface area contributed by atoms with E-state index in [0.717, 1.165) is 6.42 Å². The maximum atomic E-state index is 12.0. The second-order valence-corrected chi connectivity index (χ2v) is 5.25. The highest BCUT2D eigenvalue weighted by atomic mass is 35.5. The zero-order chi connectivity index (χ0) is 13.0. The van der Waals surface area contributed by atoms with Crippen molar-refractivity contribution in [3.05, 3.63) is 51.4 Å². The molecule has 2 heterocycles. The highest BCUT2D eigenvalue weighted by Crippen LogP contribution is 2.14. The van der Waals surface area contributed by atoms with Gasteiger partial charge in [-0.15, -0.1) is 0 Å². The first-order valence-corrected chi connectivity index (χ1v) is 6.90. The van der Waals surface area contributed by atoms with E-state index >= 15 is 0 Å². The molecule has 0 bridgehead atoms. The van der Waals surface area contributed by atoms with Crippen molar-refractivity contribution in [3.63, 3.8) is 0 Å². The molecular formula is C13H13ClN2OS. The third kappa shape index (κ3) is 3.31. The van der Waals surface area contributed by atoms with E-state index in [2.05, 4.69) is 21.7 Å². The summed E-state index contributed by atoms with van der Waals surface area (Å²) in [6.45, 7) is 1.97. The van der Waals surface area contributed by atoms with Gasteiger partial charge in [0, 0.05) is 18.4 Å². The molecule has 1 unspecified atom stereocenters. The van der Waals surface area contributed by atoms with Gasteiger partial charge in [0.1, 0.15) is 0 Å². The lowest BCUT2D eigenvalue weighted by atomic mass is 10.1. The molecule has 94 valence electrons. The minimum absolute atomic E-state index is 0.0587. The highest BCUT2D eigenvalue weighted by Gasteiger charge is 2.13. The third-order valence-electron chi connectivity index (χ3n) is 2.51. The lowest BCUT2D eigenvalue weighted by Crippen LogP contribution is -2.34. The summed E-state index contributed by atoms with van der Waals surface area (Å²) in [6, 6.07) is 3.73. The molecule has 0 aliphatic rings. The summed E-state index contributed by atoms with van der Waals surface area (Å²) >= 11 is 7.60. The number of thiophene rings is 1. The molecule has 0 aliphatic carbocycles. The maximum Gasteiger partial charge on any atom is 0.254 e. The lowest BCUT2D eigenvalue weighted by molar-refractivity contribution is 0.0940. The summed E-state index contributed by atoms with van der Waals surface area (Å²) in [7, 11) is 0. The predicted octanol–water partition coefficient (Wildman–Crippen LogP) is 3.16. The monoisotopic (exact) mass is 280 g/mol. The van der Waals surface area contributed by atoms with Crippen molar-refractivity contribution >= 4 is 28.8 Å². The number of amides is 1. The number of halogens is 1. The number of nitrogens with one attached hydrogen (secondary N) is 1. The van der Waals surface area contributed by atoms with E-state index in [1.807, 2.05) is 12.3 Å². The van der Waals surface area contributed by atoms with Gasteiger partial charge in [0.25, 0.3) is 5.91 Å². The molecule has 3 nitrogen and oxygen atoms in total. The van der Waals surface area contributed by atoms with E-state index in [1.165, 1.54) is 11.8 Å². The Morgan fingerprint density at radius 2 is 2.39 bits per heavy atom. The average molecular weight is 281 g/mol. The van der Waals surface area contributed by atoms with E-state index in [1.54, 1.807) is 23.6 Å². The fourth-order valence-electron chi connectivity index (χ4n) is 1.66. The zero-order valence-corrected chi connectivity index (χ0v) is 11.5. The van der Waals surface area contributed by atoms with Crippen LogP contribution in [0.5, 0.6) is 0 Å². The molecule has 2 aromatic heterocycles. The van der Waals surface area contributed by atoms with Gasteiger partial charge in [-0.3, -0.25) is 9.78 Å². The summed E-state index contributed by atoms with van der Waals surface area (Å²) in [5.74, 6) is -0.184. The van der Waals surface area contributed by atoms with E-state index < -0.39 is 0 Å². The quantitative estimate of drug-likeness (QED) is 0.935. The van der Waals surface area contributed by atoms with Gasteiger partial charge in [0.15, 0.2) is 0 Å². The Labute approximate surface area is 115 Å². The van der Waals surface area contributed by atoms with Crippen LogP contribution in [0, 0.1) is 0 Å². The highest BCUT2D eigenvalue weighted by molar-refractivity contribution is 7.07. The Bertz CT molecular complexity index is 528. The molecule has 5 heteroatoms. The molecule has 0 radical (unpaired) electrons. The number of hydrogen-bond donors (Lipinski definition) is 1. The van der Waals surface area contributed by atoms with Crippen LogP contribution in [0.2, 0.25) is 5.02 Å². The van der Waals surface area contributed by atoms with Crippen LogP contribution in [-0.2, 0) is 6.42 Å². The largest absolute Gasteiger partial charge is 0.349 e. The van der Waals surface area contributed by atoms with Crippen molar-refractivity contribution < 1.29 is 4.79 Å². The lowest BCUT2D eigenvalue weighted by Gasteiger charge is -2.13. The number of hydrogen-bond acceptors (Lipinski definition) is 3. The van der Waals surface area contributed by atoms with E-state index in [4.69, 9.17) is 11.6 Å². The maximum absolute atomic E-state index is 12.0. The van der Waals surface area contributed by atoms with Crippen molar-refractivity contribution in [2.45, 2.75) is 19.4 Å². The molecule has 0 fully saturated rings. The van der Waals surface area contributed by atoms with Crippen molar-refractivity contribution in [2.75, 3.05) is 0 Å². The van der Waals surface area contributed by atoms with E-state index in [9.17, 15) is 4.79 Å². The Balaban J connectivity index is 1.97. The summed E-state index contributed by atoms with van der Waals surface area (Å²) in [6.07, 6.45) is 3.86. The Morgan fingerprint density at radius 1 is 1.56 bits per heavy atom. The van der Waals surface area contributed by atoms with Gasteiger partial charge in [-0.2, -0.15) is 11.3 Å². The van der Waals surface area contributed by atoms with Crippen LogP contribution in [0.4, 0.5) is 0 Å². The minimum Gasteiger partial charge on any atom is -0.349 e. The molecule has 0 saturated carbocycles. The van der Waals surface area contributed by atoms with E-state index in [-0.39, 0.29) is 11.9 Å². The van der Waals surface area contributed by atoms with Crippen molar-refractivity contribution in [1.82, 2.24) is 10.3 Å². The van der Waals surface area contributed by atoms with Gasteiger partial charge in [-0.1, -0.05) is 11.6 Å². The van der Waals surface area contributed by atoms with E-state index in [0.29, 0.717) is 10.6 Å². The van der Waals surface area contributed by atoms with Gasteiger partial charge in [0.2, 0.25) is 0 Å². The number of rotatable bonds is 4. The van der Waals surface area contributed by atoms with Crippen molar-refractivity contribution in [3.8, 4) is 0 Å². The van der Waals surface area contributed by atoms with Gasteiger partial charge in [-0.25, -0.2) is 0 Å². The number of nitrogens with zero attached hydrogens (tertiary/aromatic N) is 1. The summed E-state index contributed by atoms with van der Waals surface area (Å²) in [5.41, 5.74) is 1.64. The third-order valence-corrected chi connectivity index (χ3v) is 3.57. The minimum atomic E-state index is -0.184. The van der Waals surface area contributed by atoms with Crippen LogP contribution in [0.1, 0.15) is 22.8 Å². The second-order valence-electron chi connectivity index (χ2n) is 4.07. The molecule has 0 aliphatic heterocycles. The number of aromatic nitrogens is 1. The number of carbonyl (C=O) groups is 1. The molecule has 0 aromatic carbocycles. The SMILES string of the molecule is CC(Cc1ccsc1)NC(=O)c1cnccc1Cl. The van der Waals surface area contributed by atoms with Crippen molar-refractivity contribution in [2.24, 2.45) is 0 Å². The van der Waals surface area contributed by atoms with Gasteiger partial charge < -0.3 is 5.32 Å². The fraction of sp³-hybridized carbons (Fsp3) is 0.231. The number of pyridine rings is 1. The fourth-order valence-corrected chi connectivity index (χ4v) is 2.53. The van der Waals surface area contributed by atoms with Crippen LogP contribution in [0.3, 0.4) is 0 Å². The van der Waals surface area contributed by atoms with Crippen LogP contribution < -0.4 is 5.32 Å². The molecule has 18 heavy (non-hydrogen) atoms.